The molecule has 0 fully saturated rings. The van der Waals surface area contributed by atoms with Crippen molar-refractivity contribution in [3.63, 3.8) is 0 Å². The number of hydrogen-bond donors (Lipinski definition) is 2. The molecule has 2 N–H and O–H groups in total. The van der Waals surface area contributed by atoms with Crippen molar-refractivity contribution in [3.05, 3.63) is 18.0 Å². The van der Waals surface area contributed by atoms with Gasteiger partial charge >= 0.3 is 5.97 Å². The van der Waals surface area contributed by atoms with E-state index in [9.17, 15) is 13.2 Å². The number of nitrogens with one attached hydrogen (secondary N) is 1. The van der Waals surface area contributed by atoms with E-state index in [2.05, 4.69) is 4.72 Å². The van der Waals surface area contributed by atoms with E-state index < -0.39 is 22.0 Å². The summed E-state index contributed by atoms with van der Waals surface area (Å²) in [5, 5.41) is 9.02. The van der Waals surface area contributed by atoms with Crippen LogP contribution in [0, 0.1) is 0 Å². The predicted molar refractivity (Wildman–Crippen MR) is 73.3 cm³/mol. The molecule has 1 heterocycles. The van der Waals surface area contributed by atoms with Crippen LogP contribution < -0.4 is 4.72 Å². The maximum atomic E-state index is 12.1. The Balaban J connectivity index is 2.95. The molecule has 7 nitrogen and oxygen atoms in total. The SMILES string of the molecule is CCOCC(C)NS(=O)(=O)c1cc(C(=O)O)n(CC)c1. The monoisotopic (exact) mass is 304 g/mol. The Morgan fingerprint density at radius 2 is 2.15 bits per heavy atom. The summed E-state index contributed by atoms with van der Waals surface area (Å²) in [6.07, 6.45) is 1.32. The van der Waals surface area contributed by atoms with Gasteiger partial charge in [0, 0.05) is 25.4 Å². The van der Waals surface area contributed by atoms with E-state index >= 15 is 0 Å². The van der Waals surface area contributed by atoms with Crippen LogP contribution in [-0.2, 0) is 21.3 Å². The van der Waals surface area contributed by atoms with Crippen molar-refractivity contribution in [2.75, 3.05) is 13.2 Å². The number of carboxylic acids is 1. The van der Waals surface area contributed by atoms with Crippen LogP contribution in [0.2, 0.25) is 0 Å². The summed E-state index contributed by atoms with van der Waals surface area (Å²) in [6, 6.07) is 0.764. The van der Waals surface area contributed by atoms with Gasteiger partial charge in [0.15, 0.2) is 0 Å². The van der Waals surface area contributed by atoms with Crippen LogP contribution in [0.4, 0.5) is 0 Å². The van der Waals surface area contributed by atoms with E-state index in [-0.39, 0.29) is 17.2 Å². The van der Waals surface area contributed by atoms with Crippen LogP contribution >= 0.6 is 0 Å². The number of sulfonamides is 1. The average Bonchev–Trinajstić information content (AvgIpc) is 2.80. The Morgan fingerprint density at radius 3 is 2.60 bits per heavy atom. The second-order valence-electron chi connectivity index (χ2n) is 4.33. The Bertz CT molecular complexity index is 564. The highest BCUT2D eigenvalue weighted by molar-refractivity contribution is 7.89. The van der Waals surface area contributed by atoms with E-state index in [1.54, 1.807) is 13.8 Å². The molecule has 0 aliphatic carbocycles. The van der Waals surface area contributed by atoms with Crippen LogP contribution in [0.5, 0.6) is 0 Å². The number of hydrogen-bond acceptors (Lipinski definition) is 4. The van der Waals surface area contributed by atoms with Gasteiger partial charge in [-0.1, -0.05) is 0 Å². The van der Waals surface area contributed by atoms with Gasteiger partial charge in [0.25, 0.3) is 0 Å². The third-order valence-corrected chi connectivity index (χ3v) is 4.23. The van der Waals surface area contributed by atoms with Crippen LogP contribution in [0.1, 0.15) is 31.3 Å². The van der Waals surface area contributed by atoms with Crippen molar-refractivity contribution < 1.29 is 23.1 Å². The molecule has 0 amide bonds. The topological polar surface area (TPSA) is 97.6 Å². The highest BCUT2D eigenvalue weighted by Crippen LogP contribution is 2.15. The zero-order valence-electron chi connectivity index (χ0n) is 11.8. The molecule has 0 saturated heterocycles. The molecule has 0 bridgehead atoms. The van der Waals surface area contributed by atoms with Gasteiger partial charge in [-0.2, -0.15) is 0 Å². The predicted octanol–water partition coefficient (Wildman–Crippen LogP) is 0.909. The first kappa shape index (κ1) is 16.7. The van der Waals surface area contributed by atoms with Gasteiger partial charge in [0.1, 0.15) is 10.6 Å². The zero-order chi connectivity index (χ0) is 15.3. The number of rotatable bonds is 8. The molecule has 0 spiro atoms. The maximum Gasteiger partial charge on any atom is 0.352 e. The molecule has 0 aromatic carbocycles. The normalized spacial score (nSPS) is 13.3. The first-order valence-corrected chi connectivity index (χ1v) is 7.83. The molecule has 1 rings (SSSR count). The van der Waals surface area contributed by atoms with Gasteiger partial charge < -0.3 is 14.4 Å². The summed E-state index contributed by atoms with van der Waals surface area (Å²) in [4.78, 5) is 11.0. The summed E-state index contributed by atoms with van der Waals surface area (Å²) >= 11 is 0. The van der Waals surface area contributed by atoms with Crippen molar-refractivity contribution in [3.8, 4) is 0 Å². The largest absolute Gasteiger partial charge is 0.477 e. The lowest BCUT2D eigenvalue weighted by Crippen LogP contribution is -2.35. The van der Waals surface area contributed by atoms with Crippen LogP contribution in [-0.4, -0.2) is 43.3 Å². The summed E-state index contributed by atoms with van der Waals surface area (Å²) in [7, 11) is -3.75. The van der Waals surface area contributed by atoms with E-state index in [0.717, 1.165) is 6.07 Å². The summed E-state index contributed by atoms with van der Waals surface area (Å²) in [5.41, 5.74) is -0.0506. The summed E-state index contributed by atoms with van der Waals surface area (Å²) in [6.45, 7) is 6.39. The van der Waals surface area contributed by atoms with Gasteiger partial charge in [-0.05, 0) is 26.8 Å². The van der Waals surface area contributed by atoms with Gasteiger partial charge in [0.05, 0.1) is 6.61 Å². The second-order valence-corrected chi connectivity index (χ2v) is 6.05. The molecule has 0 aliphatic heterocycles. The highest BCUT2D eigenvalue weighted by atomic mass is 32.2. The molecule has 1 atom stereocenters. The third kappa shape index (κ3) is 4.06. The summed E-state index contributed by atoms with van der Waals surface area (Å²) in [5.74, 6) is -1.16. The van der Waals surface area contributed by atoms with Crippen LogP contribution in [0.15, 0.2) is 17.2 Å². The number of ether oxygens (including phenoxy) is 1. The smallest absolute Gasteiger partial charge is 0.352 e. The quantitative estimate of drug-likeness (QED) is 0.744. The number of carbonyl (C=O) groups is 1. The lowest BCUT2D eigenvalue weighted by Gasteiger charge is -2.13. The second kappa shape index (κ2) is 6.87. The van der Waals surface area contributed by atoms with E-state index in [1.807, 2.05) is 6.92 Å². The molecule has 0 aliphatic rings. The van der Waals surface area contributed by atoms with Crippen LogP contribution in [0.25, 0.3) is 0 Å². The standard InChI is InChI=1S/C12H20N2O5S/c1-4-14-7-10(6-11(14)12(15)16)20(17,18)13-9(3)8-19-5-2/h6-7,9,13H,4-5,8H2,1-3H3,(H,15,16). The Labute approximate surface area is 118 Å². The summed E-state index contributed by atoms with van der Waals surface area (Å²) < 4.78 is 33.2. The fraction of sp³-hybridized carbons (Fsp3) is 0.583. The fourth-order valence-corrected chi connectivity index (χ4v) is 3.00. The molecular weight excluding hydrogens is 284 g/mol. The fourth-order valence-electron chi connectivity index (χ4n) is 1.73. The third-order valence-electron chi connectivity index (χ3n) is 2.67. The van der Waals surface area contributed by atoms with Gasteiger partial charge in [-0.15, -0.1) is 0 Å². The molecule has 0 saturated carbocycles. The first-order chi connectivity index (χ1) is 9.31. The van der Waals surface area contributed by atoms with Gasteiger partial charge in [-0.3, -0.25) is 0 Å². The Hall–Kier alpha value is -1.38. The molecule has 8 heteroatoms. The van der Waals surface area contributed by atoms with Crippen LogP contribution in [0.3, 0.4) is 0 Å². The van der Waals surface area contributed by atoms with Gasteiger partial charge in [0.2, 0.25) is 10.0 Å². The number of carboxylic acid groups (broad SMARTS) is 1. The Morgan fingerprint density at radius 1 is 1.50 bits per heavy atom. The zero-order valence-corrected chi connectivity index (χ0v) is 12.6. The number of aromatic nitrogens is 1. The number of aromatic carboxylic acids is 1. The highest BCUT2D eigenvalue weighted by Gasteiger charge is 2.22. The molecular formula is C12H20N2O5S. The minimum Gasteiger partial charge on any atom is -0.477 e. The van der Waals surface area contributed by atoms with E-state index in [0.29, 0.717) is 13.2 Å². The van der Waals surface area contributed by atoms with Crippen molar-refractivity contribution in [2.45, 2.75) is 38.3 Å². The van der Waals surface area contributed by atoms with Crippen molar-refractivity contribution in [1.82, 2.24) is 9.29 Å². The van der Waals surface area contributed by atoms with Crippen molar-refractivity contribution in [1.29, 1.82) is 0 Å². The van der Waals surface area contributed by atoms with E-state index in [1.165, 1.54) is 10.8 Å². The lowest BCUT2D eigenvalue weighted by molar-refractivity contribution is 0.0685. The first-order valence-electron chi connectivity index (χ1n) is 6.35. The average molecular weight is 304 g/mol. The van der Waals surface area contributed by atoms with Crippen molar-refractivity contribution in [2.24, 2.45) is 0 Å². The molecule has 20 heavy (non-hydrogen) atoms. The minimum absolute atomic E-state index is 0.0506. The number of aryl methyl sites for hydroxylation is 1. The van der Waals surface area contributed by atoms with Gasteiger partial charge in [-0.25, -0.2) is 17.9 Å². The lowest BCUT2D eigenvalue weighted by atomic mass is 10.4. The molecule has 1 aromatic heterocycles. The molecule has 1 unspecified atom stereocenters. The maximum absolute atomic E-state index is 12.1. The van der Waals surface area contributed by atoms with Crippen molar-refractivity contribution >= 4 is 16.0 Å². The molecule has 1 aromatic rings. The molecule has 0 radical (unpaired) electrons. The molecule has 114 valence electrons. The minimum atomic E-state index is -3.75. The number of nitrogens with zero attached hydrogens (tertiary/aromatic N) is 1. The Kier molecular flexibility index (Phi) is 5.73. The van der Waals surface area contributed by atoms with E-state index in [4.69, 9.17) is 9.84 Å².